The first-order valence-corrected chi connectivity index (χ1v) is 11.4. The fourth-order valence-corrected chi connectivity index (χ4v) is 4.27. The summed E-state index contributed by atoms with van der Waals surface area (Å²) in [5.41, 5.74) is 4.55. The van der Waals surface area contributed by atoms with Crippen LogP contribution in [-0.4, -0.2) is 48.0 Å². The third-order valence-corrected chi connectivity index (χ3v) is 5.97. The molecule has 12 heteroatoms. The second-order valence-electron chi connectivity index (χ2n) is 8.47. The topological polar surface area (TPSA) is 122 Å². The molecule has 2 aliphatic heterocycles. The SMILES string of the molecule is COc1cccc(OCC(=O)Nc2cc(C)nn2C2NC(=O)C3CNN(c4ccc(F)cc4)C3N2)c1. The van der Waals surface area contributed by atoms with Gasteiger partial charge in [-0.05, 0) is 43.3 Å². The number of rotatable bonds is 7. The van der Waals surface area contributed by atoms with E-state index in [-0.39, 0.29) is 24.2 Å². The molecule has 0 bridgehead atoms. The van der Waals surface area contributed by atoms with Gasteiger partial charge in [-0.3, -0.25) is 19.9 Å². The van der Waals surface area contributed by atoms with Crippen LogP contribution in [0.1, 0.15) is 12.0 Å². The van der Waals surface area contributed by atoms with E-state index in [1.807, 2.05) is 0 Å². The van der Waals surface area contributed by atoms with Crippen molar-refractivity contribution in [3.05, 3.63) is 66.1 Å². The minimum Gasteiger partial charge on any atom is -0.497 e. The Balaban J connectivity index is 1.29. The van der Waals surface area contributed by atoms with Gasteiger partial charge in [0.1, 0.15) is 29.3 Å². The van der Waals surface area contributed by atoms with Crippen molar-refractivity contribution >= 4 is 23.3 Å². The van der Waals surface area contributed by atoms with Gasteiger partial charge in [-0.15, -0.1) is 0 Å². The first-order valence-electron chi connectivity index (χ1n) is 11.4. The average Bonchev–Trinajstić information content (AvgIpc) is 3.47. The smallest absolute Gasteiger partial charge is 0.263 e. The minimum atomic E-state index is -0.732. The number of nitrogens with zero attached hydrogens (tertiary/aromatic N) is 3. The molecule has 3 unspecified atom stereocenters. The first kappa shape index (κ1) is 23.6. The number of benzene rings is 2. The molecule has 0 spiro atoms. The number of amides is 2. The highest BCUT2D eigenvalue weighted by Gasteiger charge is 2.45. The highest BCUT2D eigenvalue weighted by molar-refractivity contribution is 5.91. The fourth-order valence-electron chi connectivity index (χ4n) is 4.27. The molecule has 4 N–H and O–H groups in total. The van der Waals surface area contributed by atoms with E-state index in [0.29, 0.717) is 35.2 Å². The number of halogens is 1. The molecule has 2 amide bonds. The van der Waals surface area contributed by atoms with Gasteiger partial charge in [-0.2, -0.15) is 5.10 Å². The van der Waals surface area contributed by atoms with Crippen molar-refractivity contribution in [3.8, 4) is 11.5 Å². The highest BCUT2D eigenvalue weighted by atomic mass is 19.1. The van der Waals surface area contributed by atoms with Gasteiger partial charge in [0, 0.05) is 18.7 Å². The number of methoxy groups -OCH3 is 1. The molecule has 5 rings (SSSR count). The van der Waals surface area contributed by atoms with Crippen LogP contribution in [0.2, 0.25) is 0 Å². The van der Waals surface area contributed by atoms with Crippen molar-refractivity contribution in [2.45, 2.75) is 19.4 Å². The molecule has 1 aromatic heterocycles. The molecule has 2 saturated heterocycles. The molecule has 3 atom stereocenters. The quantitative estimate of drug-likeness (QED) is 0.389. The monoisotopic (exact) mass is 495 g/mol. The Morgan fingerprint density at radius 2 is 1.97 bits per heavy atom. The van der Waals surface area contributed by atoms with E-state index in [1.54, 1.807) is 61.5 Å². The number of hydrogen-bond donors (Lipinski definition) is 4. The van der Waals surface area contributed by atoms with Gasteiger partial charge in [0.25, 0.3) is 5.91 Å². The summed E-state index contributed by atoms with van der Waals surface area (Å²) < 4.78 is 25.7. The number of hydrazine groups is 1. The van der Waals surface area contributed by atoms with Gasteiger partial charge in [-0.1, -0.05) is 6.07 Å². The zero-order valence-corrected chi connectivity index (χ0v) is 19.7. The number of anilines is 2. The maximum absolute atomic E-state index is 13.4. The molecule has 11 nitrogen and oxygen atoms in total. The van der Waals surface area contributed by atoms with Gasteiger partial charge in [0.2, 0.25) is 5.91 Å². The van der Waals surface area contributed by atoms with E-state index < -0.39 is 18.4 Å². The Bertz CT molecular complexity index is 1270. The van der Waals surface area contributed by atoms with Crippen LogP contribution in [0.25, 0.3) is 0 Å². The summed E-state index contributed by atoms with van der Waals surface area (Å²) in [6.45, 7) is 1.97. The average molecular weight is 496 g/mol. The van der Waals surface area contributed by atoms with E-state index in [0.717, 1.165) is 0 Å². The molecule has 3 aromatic rings. The number of fused-ring (bicyclic) bond motifs is 1. The molecule has 36 heavy (non-hydrogen) atoms. The van der Waals surface area contributed by atoms with E-state index in [2.05, 4.69) is 26.5 Å². The predicted molar refractivity (Wildman–Crippen MR) is 129 cm³/mol. The Morgan fingerprint density at radius 3 is 2.75 bits per heavy atom. The summed E-state index contributed by atoms with van der Waals surface area (Å²) in [5.74, 6) is 0.220. The standard InChI is InChI=1S/C24H26FN7O4/c1-14-10-20(27-21(33)13-36-18-5-3-4-17(11-18)35-2)32(30-14)24-28-22-19(23(34)29-24)12-26-31(22)16-8-6-15(25)7-9-16/h3-11,19,22,24,26,28H,12-13H2,1-2H3,(H,27,33)(H,29,34). The molecular formula is C24H26FN7O4. The first-order chi connectivity index (χ1) is 17.4. The predicted octanol–water partition coefficient (Wildman–Crippen LogP) is 1.50. The van der Waals surface area contributed by atoms with Crippen LogP contribution in [0.3, 0.4) is 0 Å². The Labute approximate surface area is 206 Å². The zero-order valence-electron chi connectivity index (χ0n) is 19.7. The lowest BCUT2D eigenvalue weighted by molar-refractivity contribution is -0.129. The molecule has 0 aliphatic carbocycles. The van der Waals surface area contributed by atoms with E-state index in [9.17, 15) is 14.0 Å². The normalized spacial score (nSPS) is 21.0. The van der Waals surface area contributed by atoms with Crippen LogP contribution in [0.15, 0.2) is 54.6 Å². The summed E-state index contributed by atoms with van der Waals surface area (Å²) in [6, 6.07) is 14.7. The molecule has 2 aliphatic rings. The Hall–Kier alpha value is -4.16. The molecular weight excluding hydrogens is 469 g/mol. The van der Waals surface area contributed by atoms with Crippen LogP contribution in [-0.2, 0) is 9.59 Å². The van der Waals surface area contributed by atoms with Gasteiger partial charge >= 0.3 is 0 Å². The second-order valence-corrected chi connectivity index (χ2v) is 8.47. The third kappa shape index (κ3) is 4.81. The molecule has 0 radical (unpaired) electrons. The number of nitrogens with one attached hydrogen (secondary N) is 4. The molecule has 0 saturated carbocycles. The fraction of sp³-hybridized carbons (Fsp3) is 0.292. The summed E-state index contributed by atoms with van der Waals surface area (Å²) in [6.07, 6.45) is -1.15. The summed E-state index contributed by atoms with van der Waals surface area (Å²) in [7, 11) is 1.55. The van der Waals surface area contributed by atoms with Crippen molar-refractivity contribution < 1.29 is 23.5 Å². The Kier molecular flexibility index (Phi) is 6.44. The van der Waals surface area contributed by atoms with Gasteiger partial charge < -0.3 is 20.1 Å². The molecule has 3 heterocycles. The summed E-state index contributed by atoms with van der Waals surface area (Å²) >= 11 is 0. The van der Waals surface area contributed by atoms with Crippen molar-refractivity contribution in [2.75, 3.05) is 30.6 Å². The van der Waals surface area contributed by atoms with Crippen LogP contribution in [0.5, 0.6) is 11.5 Å². The number of ether oxygens (including phenoxy) is 2. The van der Waals surface area contributed by atoms with Crippen molar-refractivity contribution in [3.63, 3.8) is 0 Å². The number of carbonyl (C=O) groups excluding carboxylic acids is 2. The number of aryl methyl sites for hydroxylation is 1. The van der Waals surface area contributed by atoms with Gasteiger partial charge in [-0.25, -0.2) is 14.5 Å². The molecule has 2 fully saturated rings. The van der Waals surface area contributed by atoms with Crippen molar-refractivity contribution in [1.82, 2.24) is 25.8 Å². The lowest BCUT2D eigenvalue weighted by atomic mass is 10.0. The maximum atomic E-state index is 13.4. The molecule has 188 valence electrons. The van der Waals surface area contributed by atoms with Gasteiger partial charge in [0.15, 0.2) is 12.9 Å². The number of hydrogen-bond acceptors (Lipinski definition) is 8. The van der Waals surface area contributed by atoms with Crippen molar-refractivity contribution in [2.24, 2.45) is 5.92 Å². The van der Waals surface area contributed by atoms with Crippen LogP contribution in [0.4, 0.5) is 15.9 Å². The zero-order chi connectivity index (χ0) is 25.2. The van der Waals surface area contributed by atoms with Gasteiger partial charge in [0.05, 0.1) is 24.4 Å². The van der Waals surface area contributed by atoms with E-state index >= 15 is 0 Å². The van der Waals surface area contributed by atoms with Crippen LogP contribution in [0, 0.1) is 18.7 Å². The summed E-state index contributed by atoms with van der Waals surface area (Å²) in [4.78, 5) is 25.5. The van der Waals surface area contributed by atoms with Crippen LogP contribution >= 0.6 is 0 Å². The number of aromatic nitrogens is 2. The van der Waals surface area contributed by atoms with Crippen molar-refractivity contribution in [1.29, 1.82) is 0 Å². The largest absolute Gasteiger partial charge is 0.497 e. The highest BCUT2D eigenvalue weighted by Crippen LogP contribution is 2.28. The lowest BCUT2D eigenvalue weighted by Crippen LogP contribution is -2.61. The maximum Gasteiger partial charge on any atom is 0.263 e. The summed E-state index contributed by atoms with van der Waals surface area (Å²) in [5, 5.41) is 15.3. The Morgan fingerprint density at radius 1 is 1.19 bits per heavy atom. The second kappa shape index (κ2) is 9.84. The van der Waals surface area contributed by atoms with Crippen LogP contribution < -0.4 is 35.9 Å². The third-order valence-electron chi connectivity index (χ3n) is 5.97. The number of carbonyl (C=O) groups is 2. The van der Waals surface area contributed by atoms with E-state index in [1.165, 1.54) is 16.8 Å². The lowest BCUT2D eigenvalue weighted by Gasteiger charge is -2.37. The van der Waals surface area contributed by atoms with E-state index in [4.69, 9.17) is 9.47 Å². The minimum absolute atomic E-state index is 0.173. The molecule has 2 aromatic carbocycles.